The zero-order valence-corrected chi connectivity index (χ0v) is 10.7. The SMILES string of the molecule is Cc1csc2ncnc(N(C)C(C)C(=O)O)c12. The lowest BCUT2D eigenvalue weighted by Gasteiger charge is -2.23. The summed E-state index contributed by atoms with van der Waals surface area (Å²) in [6, 6.07) is -0.618. The van der Waals surface area contributed by atoms with Gasteiger partial charge in [-0.2, -0.15) is 0 Å². The van der Waals surface area contributed by atoms with Crippen molar-refractivity contribution in [1.82, 2.24) is 9.97 Å². The van der Waals surface area contributed by atoms with Crippen LogP contribution in [0, 0.1) is 6.92 Å². The maximum Gasteiger partial charge on any atom is 0.326 e. The lowest BCUT2D eigenvalue weighted by molar-refractivity contribution is -0.138. The average molecular weight is 251 g/mol. The summed E-state index contributed by atoms with van der Waals surface area (Å²) in [4.78, 5) is 21.9. The van der Waals surface area contributed by atoms with E-state index in [-0.39, 0.29) is 0 Å². The summed E-state index contributed by atoms with van der Waals surface area (Å²) in [5.74, 6) is -0.198. The number of aliphatic carboxylic acids is 1. The largest absolute Gasteiger partial charge is 0.480 e. The average Bonchev–Trinajstić information content (AvgIpc) is 2.69. The van der Waals surface area contributed by atoms with Gasteiger partial charge in [-0.05, 0) is 24.8 Å². The molecule has 0 amide bonds. The number of hydrogen-bond donors (Lipinski definition) is 1. The Labute approximate surface area is 103 Å². The van der Waals surface area contributed by atoms with Gasteiger partial charge in [-0.3, -0.25) is 0 Å². The first-order valence-electron chi connectivity index (χ1n) is 5.16. The third-order valence-electron chi connectivity index (χ3n) is 2.81. The summed E-state index contributed by atoms with van der Waals surface area (Å²) in [6.45, 7) is 3.61. The second-order valence-electron chi connectivity index (χ2n) is 3.92. The fourth-order valence-corrected chi connectivity index (χ4v) is 2.50. The number of carboxylic acid groups (broad SMARTS) is 1. The quantitative estimate of drug-likeness (QED) is 0.902. The minimum Gasteiger partial charge on any atom is -0.480 e. The number of aryl methyl sites for hydroxylation is 1. The predicted molar refractivity (Wildman–Crippen MR) is 67.7 cm³/mol. The van der Waals surface area contributed by atoms with Crippen molar-refractivity contribution in [3.05, 3.63) is 17.3 Å². The van der Waals surface area contributed by atoms with E-state index in [1.54, 1.807) is 30.2 Å². The van der Waals surface area contributed by atoms with Gasteiger partial charge in [0.25, 0.3) is 0 Å². The van der Waals surface area contributed by atoms with Crippen molar-refractivity contribution in [3.8, 4) is 0 Å². The molecule has 0 saturated carbocycles. The van der Waals surface area contributed by atoms with Crippen LogP contribution >= 0.6 is 11.3 Å². The summed E-state index contributed by atoms with van der Waals surface area (Å²) >= 11 is 1.54. The third kappa shape index (κ3) is 1.95. The molecule has 0 bridgehead atoms. The smallest absolute Gasteiger partial charge is 0.326 e. The number of anilines is 1. The van der Waals surface area contributed by atoms with Crippen molar-refractivity contribution in [2.45, 2.75) is 19.9 Å². The molecule has 5 nitrogen and oxygen atoms in total. The number of thiophene rings is 1. The van der Waals surface area contributed by atoms with E-state index in [0.717, 1.165) is 15.8 Å². The van der Waals surface area contributed by atoms with Crippen LogP contribution in [0.3, 0.4) is 0 Å². The van der Waals surface area contributed by atoms with Crippen LogP contribution in [0.4, 0.5) is 5.82 Å². The van der Waals surface area contributed by atoms with Crippen molar-refractivity contribution in [2.24, 2.45) is 0 Å². The molecule has 0 spiro atoms. The molecule has 2 aromatic heterocycles. The van der Waals surface area contributed by atoms with E-state index in [1.807, 2.05) is 12.3 Å². The molecule has 6 heteroatoms. The first kappa shape index (κ1) is 11.8. The van der Waals surface area contributed by atoms with Crippen LogP contribution in [-0.2, 0) is 4.79 Å². The highest BCUT2D eigenvalue weighted by Crippen LogP contribution is 2.30. The third-order valence-corrected chi connectivity index (χ3v) is 3.81. The molecule has 2 rings (SSSR count). The van der Waals surface area contributed by atoms with E-state index < -0.39 is 12.0 Å². The number of nitrogens with zero attached hydrogens (tertiary/aromatic N) is 3. The lowest BCUT2D eigenvalue weighted by Crippen LogP contribution is -2.36. The molecule has 2 heterocycles. The molecular formula is C11H13N3O2S. The molecule has 0 saturated heterocycles. The molecule has 0 radical (unpaired) electrons. The second-order valence-corrected chi connectivity index (χ2v) is 4.78. The molecule has 17 heavy (non-hydrogen) atoms. The van der Waals surface area contributed by atoms with Gasteiger partial charge in [-0.25, -0.2) is 14.8 Å². The van der Waals surface area contributed by atoms with E-state index in [1.165, 1.54) is 6.33 Å². The molecule has 0 aromatic carbocycles. The standard InChI is InChI=1S/C11H13N3O2S/c1-6-4-17-10-8(6)9(12-5-13-10)14(3)7(2)11(15)16/h4-5,7H,1-3H3,(H,15,16). The highest BCUT2D eigenvalue weighted by atomic mass is 32.1. The minimum atomic E-state index is -0.868. The highest BCUT2D eigenvalue weighted by Gasteiger charge is 2.21. The van der Waals surface area contributed by atoms with Crippen molar-refractivity contribution in [1.29, 1.82) is 0 Å². The molecule has 0 aliphatic rings. The maximum absolute atomic E-state index is 11.0. The van der Waals surface area contributed by atoms with Gasteiger partial charge in [-0.15, -0.1) is 11.3 Å². The molecule has 1 unspecified atom stereocenters. The zero-order chi connectivity index (χ0) is 12.6. The van der Waals surface area contributed by atoms with E-state index >= 15 is 0 Å². The normalized spacial score (nSPS) is 12.6. The van der Waals surface area contributed by atoms with Gasteiger partial charge in [0.2, 0.25) is 0 Å². The Morgan fingerprint density at radius 1 is 1.53 bits per heavy atom. The second kappa shape index (κ2) is 4.29. The maximum atomic E-state index is 11.0. The van der Waals surface area contributed by atoms with Gasteiger partial charge in [0.1, 0.15) is 23.0 Å². The molecule has 0 aliphatic heterocycles. The topological polar surface area (TPSA) is 66.3 Å². The molecule has 1 atom stereocenters. The summed E-state index contributed by atoms with van der Waals surface area (Å²) < 4.78 is 0. The number of likely N-dealkylation sites (N-methyl/N-ethyl adjacent to an activating group) is 1. The fraction of sp³-hybridized carbons (Fsp3) is 0.364. The number of hydrogen-bond acceptors (Lipinski definition) is 5. The predicted octanol–water partition coefficient (Wildman–Crippen LogP) is 1.91. The molecule has 90 valence electrons. The van der Waals surface area contributed by atoms with Crippen molar-refractivity contribution >= 4 is 33.3 Å². The summed E-state index contributed by atoms with van der Waals surface area (Å²) in [6.07, 6.45) is 1.47. The number of carbonyl (C=O) groups is 1. The Balaban J connectivity index is 2.55. The summed E-state index contributed by atoms with van der Waals surface area (Å²) in [5, 5.41) is 12.0. The van der Waals surface area contributed by atoms with Crippen LogP contribution in [0.15, 0.2) is 11.7 Å². The van der Waals surface area contributed by atoms with Gasteiger partial charge < -0.3 is 10.0 Å². The monoisotopic (exact) mass is 251 g/mol. The summed E-state index contributed by atoms with van der Waals surface area (Å²) in [7, 11) is 1.73. The van der Waals surface area contributed by atoms with E-state index in [9.17, 15) is 4.79 Å². The first-order chi connectivity index (χ1) is 8.02. The Bertz CT molecular complexity index is 567. The number of carboxylic acids is 1. The number of fused-ring (bicyclic) bond motifs is 1. The first-order valence-corrected chi connectivity index (χ1v) is 6.04. The van der Waals surface area contributed by atoms with Crippen molar-refractivity contribution in [3.63, 3.8) is 0 Å². The van der Waals surface area contributed by atoms with E-state index in [0.29, 0.717) is 5.82 Å². The molecule has 1 N–H and O–H groups in total. The molecule has 0 aliphatic carbocycles. The van der Waals surface area contributed by atoms with Crippen LogP contribution in [-0.4, -0.2) is 34.1 Å². The van der Waals surface area contributed by atoms with Gasteiger partial charge in [0, 0.05) is 7.05 Å². The van der Waals surface area contributed by atoms with Gasteiger partial charge in [-0.1, -0.05) is 0 Å². The van der Waals surface area contributed by atoms with Crippen LogP contribution in [0.1, 0.15) is 12.5 Å². The molecule has 0 fully saturated rings. The van der Waals surface area contributed by atoms with E-state index in [2.05, 4.69) is 9.97 Å². The van der Waals surface area contributed by atoms with Gasteiger partial charge >= 0.3 is 5.97 Å². The Morgan fingerprint density at radius 2 is 2.24 bits per heavy atom. The fourth-order valence-electron chi connectivity index (χ4n) is 1.61. The van der Waals surface area contributed by atoms with Gasteiger partial charge in [0.15, 0.2) is 0 Å². The minimum absolute atomic E-state index is 0.618. The molecular weight excluding hydrogens is 238 g/mol. The van der Waals surface area contributed by atoms with Gasteiger partial charge in [0.05, 0.1) is 5.39 Å². The Kier molecular flexibility index (Phi) is 2.97. The number of rotatable bonds is 3. The summed E-state index contributed by atoms with van der Waals surface area (Å²) in [5.41, 5.74) is 1.07. The van der Waals surface area contributed by atoms with Crippen LogP contribution < -0.4 is 4.90 Å². The highest BCUT2D eigenvalue weighted by molar-refractivity contribution is 7.17. The zero-order valence-electron chi connectivity index (χ0n) is 9.84. The molecule has 2 aromatic rings. The van der Waals surface area contributed by atoms with Crippen LogP contribution in [0.5, 0.6) is 0 Å². The van der Waals surface area contributed by atoms with Crippen molar-refractivity contribution in [2.75, 3.05) is 11.9 Å². The van der Waals surface area contributed by atoms with Crippen LogP contribution in [0.25, 0.3) is 10.2 Å². The Morgan fingerprint density at radius 3 is 2.88 bits per heavy atom. The Hall–Kier alpha value is -1.69. The number of aromatic nitrogens is 2. The lowest BCUT2D eigenvalue weighted by atomic mass is 10.2. The van der Waals surface area contributed by atoms with E-state index in [4.69, 9.17) is 5.11 Å². The van der Waals surface area contributed by atoms with Crippen molar-refractivity contribution < 1.29 is 9.90 Å². The van der Waals surface area contributed by atoms with Crippen LogP contribution in [0.2, 0.25) is 0 Å².